The first-order valence-electron chi connectivity index (χ1n) is 8.86. The molecule has 136 valence electrons. The summed E-state index contributed by atoms with van der Waals surface area (Å²) in [4.78, 5) is 0. The molecule has 0 aromatic heterocycles. The van der Waals surface area contributed by atoms with Gasteiger partial charge in [-0.1, -0.05) is 42.8 Å². The third-order valence-electron chi connectivity index (χ3n) is 4.70. The summed E-state index contributed by atoms with van der Waals surface area (Å²) in [5, 5.41) is 14.4. The van der Waals surface area contributed by atoms with Crippen molar-refractivity contribution in [2.45, 2.75) is 25.6 Å². The Labute approximate surface area is 157 Å². The van der Waals surface area contributed by atoms with E-state index in [1.807, 2.05) is 36.4 Å². The molecular formula is C21H21ClO4. The number of hydrogen-bond donors (Lipinski definition) is 1. The molecule has 3 aromatic rings. The first-order valence-corrected chi connectivity index (χ1v) is 9.24. The first kappa shape index (κ1) is 17.4. The van der Waals surface area contributed by atoms with Crippen LogP contribution in [0.3, 0.4) is 0 Å². The van der Waals surface area contributed by atoms with Crippen molar-refractivity contribution < 1.29 is 19.3 Å². The number of ether oxygens (including phenoxy) is 3. The SMILES string of the molecule is CCC(COc1c2ccccc2c(O)c2cc(Cl)ccc12)OCC1CO1. The highest BCUT2D eigenvalue weighted by molar-refractivity contribution is 6.31. The zero-order valence-corrected chi connectivity index (χ0v) is 15.3. The van der Waals surface area contributed by atoms with Crippen LogP contribution in [0.1, 0.15) is 13.3 Å². The summed E-state index contributed by atoms with van der Waals surface area (Å²) in [6.45, 7) is 3.91. The molecule has 2 atom stereocenters. The van der Waals surface area contributed by atoms with E-state index in [0.29, 0.717) is 23.6 Å². The molecule has 0 radical (unpaired) electrons. The van der Waals surface area contributed by atoms with Crippen LogP contribution >= 0.6 is 11.6 Å². The van der Waals surface area contributed by atoms with Crippen molar-refractivity contribution in [2.24, 2.45) is 0 Å². The van der Waals surface area contributed by atoms with E-state index in [1.54, 1.807) is 6.07 Å². The molecule has 5 heteroatoms. The number of rotatable bonds is 7. The number of aromatic hydroxyl groups is 1. The Hall–Kier alpha value is -2.01. The quantitative estimate of drug-likeness (QED) is 0.472. The van der Waals surface area contributed by atoms with Crippen LogP contribution in [0, 0.1) is 0 Å². The molecule has 1 aliphatic rings. The topological polar surface area (TPSA) is 51.2 Å². The van der Waals surface area contributed by atoms with Crippen molar-refractivity contribution >= 4 is 33.1 Å². The first-order chi connectivity index (χ1) is 12.7. The van der Waals surface area contributed by atoms with E-state index in [-0.39, 0.29) is 18.0 Å². The second-order valence-corrected chi connectivity index (χ2v) is 6.98. The van der Waals surface area contributed by atoms with Gasteiger partial charge in [-0.3, -0.25) is 0 Å². The molecule has 0 bridgehead atoms. The molecule has 4 rings (SSSR count). The van der Waals surface area contributed by atoms with Gasteiger partial charge < -0.3 is 19.3 Å². The molecule has 1 aliphatic heterocycles. The Balaban J connectivity index is 1.70. The summed E-state index contributed by atoms with van der Waals surface area (Å²) in [6.07, 6.45) is 1.09. The van der Waals surface area contributed by atoms with Crippen molar-refractivity contribution in [1.29, 1.82) is 0 Å². The lowest BCUT2D eigenvalue weighted by atomic mass is 10.0. The summed E-state index contributed by atoms with van der Waals surface area (Å²) in [7, 11) is 0. The predicted molar refractivity (Wildman–Crippen MR) is 103 cm³/mol. The fraction of sp³-hybridized carbons (Fsp3) is 0.333. The number of halogens is 1. The fourth-order valence-corrected chi connectivity index (χ4v) is 3.28. The molecule has 1 saturated heterocycles. The van der Waals surface area contributed by atoms with Gasteiger partial charge in [0.15, 0.2) is 0 Å². The number of phenols is 1. The van der Waals surface area contributed by atoms with Crippen molar-refractivity contribution in [2.75, 3.05) is 19.8 Å². The average molecular weight is 373 g/mol. The highest BCUT2D eigenvalue weighted by Crippen LogP contribution is 2.42. The highest BCUT2D eigenvalue weighted by atomic mass is 35.5. The van der Waals surface area contributed by atoms with Crippen molar-refractivity contribution in [3.8, 4) is 11.5 Å². The standard InChI is InChI=1S/C21H21ClO4/c1-2-14(24-11-15-12-25-15)10-26-21-17-6-4-3-5-16(17)20(23)19-9-13(22)7-8-18(19)21/h3-9,14-15,23H,2,10-12H2,1H3. The minimum atomic E-state index is -0.00545. The normalized spacial score (nSPS) is 17.5. The molecule has 0 saturated carbocycles. The molecule has 2 unspecified atom stereocenters. The van der Waals surface area contributed by atoms with E-state index < -0.39 is 0 Å². The van der Waals surface area contributed by atoms with Gasteiger partial charge in [-0.05, 0) is 24.6 Å². The van der Waals surface area contributed by atoms with Crippen LogP contribution in [0.25, 0.3) is 21.5 Å². The van der Waals surface area contributed by atoms with E-state index in [9.17, 15) is 5.11 Å². The lowest BCUT2D eigenvalue weighted by Crippen LogP contribution is -2.23. The maximum atomic E-state index is 10.7. The molecule has 1 fully saturated rings. The van der Waals surface area contributed by atoms with Gasteiger partial charge in [0.05, 0.1) is 19.3 Å². The van der Waals surface area contributed by atoms with E-state index in [2.05, 4.69) is 6.92 Å². The highest BCUT2D eigenvalue weighted by Gasteiger charge is 2.24. The third-order valence-corrected chi connectivity index (χ3v) is 4.93. The summed E-state index contributed by atoms with van der Waals surface area (Å²) >= 11 is 6.14. The van der Waals surface area contributed by atoms with Gasteiger partial charge in [-0.25, -0.2) is 0 Å². The Morgan fingerprint density at radius 3 is 2.62 bits per heavy atom. The number of hydrogen-bond acceptors (Lipinski definition) is 4. The fourth-order valence-electron chi connectivity index (χ4n) is 3.11. The van der Waals surface area contributed by atoms with E-state index in [4.69, 9.17) is 25.8 Å². The minimum Gasteiger partial charge on any atom is -0.507 e. The van der Waals surface area contributed by atoms with Gasteiger partial charge in [0, 0.05) is 26.6 Å². The van der Waals surface area contributed by atoms with Crippen molar-refractivity contribution in [1.82, 2.24) is 0 Å². The van der Waals surface area contributed by atoms with Crippen LogP contribution < -0.4 is 4.74 Å². The lowest BCUT2D eigenvalue weighted by molar-refractivity contribution is 0.0114. The second-order valence-electron chi connectivity index (χ2n) is 6.54. The van der Waals surface area contributed by atoms with Crippen molar-refractivity contribution in [3.05, 3.63) is 47.5 Å². The van der Waals surface area contributed by atoms with Gasteiger partial charge in [-0.2, -0.15) is 0 Å². The molecule has 26 heavy (non-hydrogen) atoms. The predicted octanol–water partition coefficient (Wildman–Crippen LogP) is 4.92. The van der Waals surface area contributed by atoms with E-state index >= 15 is 0 Å². The summed E-state index contributed by atoms with van der Waals surface area (Å²) in [5.74, 6) is 0.967. The van der Waals surface area contributed by atoms with Gasteiger partial charge >= 0.3 is 0 Å². The van der Waals surface area contributed by atoms with E-state index in [0.717, 1.165) is 34.9 Å². The number of benzene rings is 3. The number of phenolic OH excluding ortho intramolecular Hbond substituents is 1. The Morgan fingerprint density at radius 1 is 1.15 bits per heavy atom. The maximum Gasteiger partial charge on any atom is 0.135 e. The largest absolute Gasteiger partial charge is 0.507 e. The van der Waals surface area contributed by atoms with Gasteiger partial charge in [0.2, 0.25) is 0 Å². The number of fused-ring (bicyclic) bond motifs is 2. The molecule has 1 N–H and O–H groups in total. The van der Waals surface area contributed by atoms with E-state index in [1.165, 1.54) is 0 Å². The molecule has 3 aromatic carbocycles. The molecule has 1 heterocycles. The van der Waals surface area contributed by atoms with Gasteiger partial charge in [0.1, 0.15) is 24.2 Å². The third kappa shape index (κ3) is 3.45. The van der Waals surface area contributed by atoms with Crippen LogP contribution in [0.15, 0.2) is 42.5 Å². The van der Waals surface area contributed by atoms with Gasteiger partial charge in [0.25, 0.3) is 0 Å². The zero-order chi connectivity index (χ0) is 18.1. The monoisotopic (exact) mass is 372 g/mol. The minimum absolute atomic E-state index is 0.00545. The summed E-state index contributed by atoms with van der Waals surface area (Å²) in [5.41, 5.74) is 0. The smallest absolute Gasteiger partial charge is 0.135 e. The second kappa shape index (κ2) is 7.31. The summed E-state index contributed by atoms with van der Waals surface area (Å²) in [6, 6.07) is 13.1. The average Bonchev–Trinajstić information content (AvgIpc) is 3.49. The van der Waals surface area contributed by atoms with Gasteiger partial charge in [-0.15, -0.1) is 0 Å². The van der Waals surface area contributed by atoms with Crippen molar-refractivity contribution in [3.63, 3.8) is 0 Å². The molecule has 0 aliphatic carbocycles. The zero-order valence-electron chi connectivity index (χ0n) is 14.6. The maximum absolute atomic E-state index is 10.7. The Kier molecular flexibility index (Phi) is 4.90. The lowest BCUT2D eigenvalue weighted by Gasteiger charge is -2.19. The van der Waals surface area contributed by atoms with Crippen LogP contribution in [0.2, 0.25) is 5.02 Å². The molecular weight excluding hydrogens is 352 g/mol. The van der Waals surface area contributed by atoms with Crippen LogP contribution in [0.4, 0.5) is 0 Å². The van der Waals surface area contributed by atoms with Crippen LogP contribution in [0.5, 0.6) is 11.5 Å². The Bertz CT molecular complexity index is 936. The number of epoxide rings is 1. The summed E-state index contributed by atoms with van der Waals surface area (Å²) < 4.78 is 17.3. The van der Waals surface area contributed by atoms with Crippen LogP contribution in [-0.4, -0.2) is 37.1 Å². The molecule has 4 nitrogen and oxygen atoms in total. The van der Waals surface area contributed by atoms with Crippen LogP contribution in [-0.2, 0) is 9.47 Å². The Morgan fingerprint density at radius 2 is 1.88 bits per heavy atom. The molecule has 0 spiro atoms. The molecule has 0 amide bonds.